The smallest absolute Gasteiger partial charge is 0.157 e. The van der Waals surface area contributed by atoms with Crippen molar-refractivity contribution < 1.29 is 9.18 Å². The van der Waals surface area contributed by atoms with E-state index in [9.17, 15) is 9.18 Å². The van der Waals surface area contributed by atoms with E-state index in [0.29, 0.717) is 0 Å². The molecule has 1 aliphatic rings. The first-order chi connectivity index (χ1) is 8.24. The molecule has 88 valence electrons. The van der Waals surface area contributed by atoms with Gasteiger partial charge in [-0.05, 0) is 18.9 Å². The number of carbonyl (C=O) groups excluding carboxylic acids is 1. The SMILES string of the molecule is N#CC(C(=O)C1CCCC1)c1ccccc1F. The summed E-state index contributed by atoms with van der Waals surface area (Å²) in [6.45, 7) is 0. The van der Waals surface area contributed by atoms with Crippen molar-refractivity contribution in [3.05, 3.63) is 35.6 Å². The van der Waals surface area contributed by atoms with Crippen molar-refractivity contribution >= 4 is 5.78 Å². The van der Waals surface area contributed by atoms with Crippen LogP contribution in [0.15, 0.2) is 24.3 Å². The van der Waals surface area contributed by atoms with Crippen molar-refractivity contribution in [3.63, 3.8) is 0 Å². The zero-order valence-corrected chi connectivity index (χ0v) is 9.53. The Kier molecular flexibility index (Phi) is 3.53. The average Bonchev–Trinajstić information content (AvgIpc) is 2.86. The molecule has 0 amide bonds. The number of carbonyl (C=O) groups is 1. The molecule has 2 rings (SSSR count). The predicted molar refractivity (Wildman–Crippen MR) is 61.7 cm³/mol. The average molecular weight is 231 g/mol. The topological polar surface area (TPSA) is 40.9 Å². The van der Waals surface area contributed by atoms with Crippen molar-refractivity contribution in [1.29, 1.82) is 5.26 Å². The highest BCUT2D eigenvalue weighted by Crippen LogP contribution is 2.31. The van der Waals surface area contributed by atoms with Crippen LogP contribution in [0.1, 0.15) is 37.2 Å². The molecule has 0 radical (unpaired) electrons. The molecule has 1 saturated carbocycles. The number of ketones is 1. The van der Waals surface area contributed by atoms with Crippen molar-refractivity contribution in [2.45, 2.75) is 31.6 Å². The Morgan fingerprint density at radius 2 is 2.00 bits per heavy atom. The van der Waals surface area contributed by atoms with E-state index >= 15 is 0 Å². The zero-order chi connectivity index (χ0) is 12.3. The number of nitrogens with zero attached hydrogens (tertiary/aromatic N) is 1. The lowest BCUT2D eigenvalue weighted by atomic mass is 9.87. The number of hydrogen-bond donors (Lipinski definition) is 0. The van der Waals surface area contributed by atoms with Gasteiger partial charge >= 0.3 is 0 Å². The third-order valence-corrected chi connectivity index (χ3v) is 3.39. The van der Waals surface area contributed by atoms with Gasteiger partial charge < -0.3 is 0 Å². The summed E-state index contributed by atoms with van der Waals surface area (Å²) in [7, 11) is 0. The largest absolute Gasteiger partial charge is 0.298 e. The van der Waals surface area contributed by atoms with E-state index in [1.165, 1.54) is 12.1 Å². The third kappa shape index (κ3) is 2.36. The van der Waals surface area contributed by atoms with E-state index in [1.807, 2.05) is 6.07 Å². The van der Waals surface area contributed by atoms with Crippen molar-refractivity contribution in [2.75, 3.05) is 0 Å². The van der Waals surface area contributed by atoms with Crippen LogP contribution in [0.25, 0.3) is 0 Å². The molecule has 3 heteroatoms. The van der Waals surface area contributed by atoms with Crippen LogP contribution >= 0.6 is 0 Å². The number of halogens is 1. The number of hydrogen-bond acceptors (Lipinski definition) is 2. The second kappa shape index (κ2) is 5.09. The molecule has 1 aromatic carbocycles. The lowest BCUT2D eigenvalue weighted by Gasteiger charge is -2.13. The second-order valence-corrected chi connectivity index (χ2v) is 4.47. The standard InChI is InChI=1S/C14H14FNO/c15-13-8-4-3-7-11(13)12(9-16)14(17)10-5-1-2-6-10/h3-4,7-8,10,12H,1-2,5-6H2. The monoisotopic (exact) mass is 231 g/mol. The second-order valence-electron chi connectivity index (χ2n) is 4.47. The highest BCUT2D eigenvalue weighted by molar-refractivity contribution is 5.90. The first kappa shape index (κ1) is 11.8. The van der Waals surface area contributed by atoms with Crippen LogP contribution in [-0.2, 0) is 4.79 Å². The fourth-order valence-electron chi connectivity index (χ4n) is 2.44. The van der Waals surface area contributed by atoms with Gasteiger partial charge in [-0.1, -0.05) is 31.0 Å². The number of rotatable bonds is 3. The normalized spacial score (nSPS) is 17.6. The number of benzene rings is 1. The number of nitriles is 1. The van der Waals surface area contributed by atoms with Crippen LogP contribution in [0.3, 0.4) is 0 Å². The van der Waals surface area contributed by atoms with Crippen molar-refractivity contribution in [3.8, 4) is 6.07 Å². The summed E-state index contributed by atoms with van der Waals surface area (Å²) in [4.78, 5) is 12.1. The maximum atomic E-state index is 13.6. The fourth-order valence-corrected chi connectivity index (χ4v) is 2.44. The van der Waals surface area contributed by atoms with E-state index in [1.54, 1.807) is 12.1 Å². The summed E-state index contributed by atoms with van der Waals surface area (Å²) < 4.78 is 13.6. The minimum atomic E-state index is -0.945. The molecule has 0 heterocycles. The minimum Gasteiger partial charge on any atom is -0.298 e. The Labute approximate surface area is 100 Å². The van der Waals surface area contributed by atoms with Crippen LogP contribution in [0, 0.1) is 23.1 Å². The molecule has 0 aromatic heterocycles. The maximum Gasteiger partial charge on any atom is 0.157 e. The molecule has 1 fully saturated rings. The molecule has 0 aliphatic heterocycles. The molecular weight excluding hydrogens is 217 g/mol. The first-order valence-corrected chi connectivity index (χ1v) is 5.92. The van der Waals surface area contributed by atoms with Crippen LogP contribution < -0.4 is 0 Å². The Morgan fingerprint density at radius 1 is 1.35 bits per heavy atom. The summed E-state index contributed by atoms with van der Waals surface area (Å²) >= 11 is 0. The van der Waals surface area contributed by atoms with E-state index in [4.69, 9.17) is 5.26 Å². The van der Waals surface area contributed by atoms with E-state index in [2.05, 4.69) is 0 Å². The van der Waals surface area contributed by atoms with Gasteiger partial charge in [0.1, 0.15) is 11.7 Å². The maximum absolute atomic E-state index is 13.6. The molecule has 0 N–H and O–H groups in total. The molecule has 1 aliphatic carbocycles. The van der Waals surface area contributed by atoms with E-state index in [0.717, 1.165) is 25.7 Å². The molecule has 1 unspecified atom stereocenters. The van der Waals surface area contributed by atoms with Gasteiger partial charge in [-0.2, -0.15) is 5.26 Å². The van der Waals surface area contributed by atoms with Crippen molar-refractivity contribution in [2.24, 2.45) is 5.92 Å². The van der Waals surface area contributed by atoms with Gasteiger partial charge in [0.2, 0.25) is 0 Å². The Hall–Kier alpha value is -1.69. The van der Waals surface area contributed by atoms with Crippen LogP contribution in [0.5, 0.6) is 0 Å². The highest BCUT2D eigenvalue weighted by Gasteiger charge is 2.31. The minimum absolute atomic E-state index is 0.0562. The molecule has 1 aromatic rings. The molecule has 1 atom stereocenters. The molecular formula is C14H14FNO. The van der Waals surface area contributed by atoms with Gasteiger partial charge in [-0.15, -0.1) is 0 Å². The van der Waals surface area contributed by atoms with Crippen LogP contribution in [-0.4, -0.2) is 5.78 Å². The summed E-state index contributed by atoms with van der Waals surface area (Å²) in [6, 6.07) is 7.98. The Morgan fingerprint density at radius 3 is 2.59 bits per heavy atom. The van der Waals surface area contributed by atoms with Crippen LogP contribution in [0.4, 0.5) is 4.39 Å². The summed E-state index contributed by atoms with van der Waals surface area (Å²) in [5.74, 6) is -1.58. The molecule has 0 spiro atoms. The number of Topliss-reactive ketones (excluding diaryl/α,β-unsaturated/α-hetero) is 1. The summed E-state index contributed by atoms with van der Waals surface area (Å²) in [5.41, 5.74) is 0.215. The zero-order valence-electron chi connectivity index (χ0n) is 9.53. The van der Waals surface area contributed by atoms with Gasteiger partial charge in [0, 0.05) is 11.5 Å². The lowest BCUT2D eigenvalue weighted by molar-refractivity contribution is -0.123. The van der Waals surface area contributed by atoms with Gasteiger partial charge in [0.15, 0.2) is 5.78 Å². The Bertz CT molecular complexity index is 458. The highest BCUT2D eigenvalue weighted by atomic mass is 19.1. The summed E-state index contributed by atoms with van der Waals surface area (Å²) in [5, 5.41) is 9.10. The van der Waals surface area contributed by atoms with Gasteiger partial charge in [0.05, 0.1) is 6.07 Å². The molecule has 0 saturated heterocycles. The third-order valence-electron chi connectivity index (χ3n) is 3.39. The summed E-state index contributed by atoms with van der Waals surface area (Å²) in [6.07, 6.45) is 3.74. The van der Waals surface area contributed by atoms with Crippen LogP contribution in [0.2, 0.25) is 0 Å². The van der Waals surface area contributed by atoms with Crippen molar-refractivity contribution in [1.82, 2.24) is 0 Å². The van der Waals surface area contributed by atoms with Gasteiger partial charge in [-0.25, -0.2) is 4.39 Å². The lowest BCUT2D eigenvalue weighted by Crippen LogP contribution is -2.19. The Balaban J connectivity index is 2.25. The quantitative estimate of drug-likeness (QED) is 0.801. The van der Waals surface area contributed by atoms with E-state index < -0.39 is 11.7 Å². The molecule has 0 bridgehead atoms. The predicted octanol–water partition coefficient (Wildman–Crippen LogP) is 3.19. The molecule has 17 heavy (non-hydrogen) atoms. The van der Waals surface area contributed by atoms with Gasteiger partial charge in [-0.3, -0.25) is 4.79 Å². The fraction of sp³-hybridized carbons (Fsp3) is 0.429. The first-order valence-electron chi connectivity index (χ1n) is 5.92. The van der Waals surface area contributed by atoms with E-state index in [-0.39, 0.29) is 17.3 Å². The van der Waals surface area contributed by atoms with Gasteiger partial charge in [0.25, 0.3) is 0 Å². The molecule has 2 nitrogen and oxygen atoms in total.